The number of nitrogens with one attached hydrogen (secondary N) is 2. The molecule has 1 aromatic rings. The van der Waals surface area contributed by atoms with Gasteiger partial charge in [0.1, 0.15) is 5.82 Å². The van der Waals surface area contributed by atoms with Crippen LogP contribution in [0.4, 0.5) is 4.39 Å². The van der Waals surface area contributed by atoms with E-state index in [1.807, 2.05) is 11.9 Å². The van der Waals surface area contributed by atoms with Gasteiger partial charge in [-0.1, -0.05) is 0 Å². The second-order valence-corrected chi connectivity index (χ2v) is 5.83. The first-order chi connectivity index (χ1) is 11.1. The number of hydrogen-bond donors (Lipinski definition) is 2. The molecule has 1 saturated heterocycles. The number of carbonyl (C=O) groups excluding carboxylic acids is 2. The number of nitrogens with zero attached hydrogens (tertiary/aromatic N) is 1. The Labute approximate surface area is 136 Å². The maximum Gasteiger partial charge on any atom is 0.251 e. The summed E-state index contributed by atoms with van der Waals surface area (Å²) >= 11 is 0. The Kier molecular flexibility index (Phi) is 6.52. The second kappa shape index (κ2) is 8.62. The number of rotatable bonds is 6. The van der Waals surface area contributed by atoms with Crippen molar-refractivity contribution in [2.75, 3.05) is 26.7 Å². The van der Waals surface area contributed by atoms with Gasteiger partial charge in [0.2, 0.25) is 5.91 Å². The van der Waals surface area contributed by atoms with Crippen LogP contribution in [0.1, 0.15) is 36.0 Å². The Balaban J connectivity index is 1.67. The lowest BCUT2D eigenvalue weighted by Gasteiger charge is -2.32. The summed E-state index contributed by atoms with van der Waals surface area (Å²) in [4.78, 5) is 25.9. The van der Waals surface area contributed by atoms with Crippen molar-refractivity contribution in [3.05, 3.63) is 35.6 Å². The zero-order valence-electron chi connectivity index (χ0n) is 13.5. The van der Waals surface area contributed by atoms with Gasteiger partial charge in [-0.05, 0) is 50.6 Å². The van der Waals surface area contributed by atoms with Gasteiger partial charge in [0.05, 0.1) is 0 Å². The summed E-state index contributed by atoms with van der Waals surface area (Å²) in [7, 11) is 1.92. The first-order valence-corrected chi connectivity index (χ1v) is 8.09. The highest BCUT2D eigenvalue weighted by Crippen LogP contribution is 2.11. The van der Waals surface area contributed by atoms with E-state index in [0.717, 1.165) is 25.9 Å². The van der Waals surface area contributed by atoms with Crippen molar-refractivity contribution in [3.63, 3.8) is 0 Å². The van der Waals surface area contributed by atoms with E-state index in [0.29, 0.717) is 31.0 Å². The molecule has 0 saturated carbocycles. The highest BCUT2D eigenvalue weighted by molar-refractivity contribution is 5.94. The minimum absolute atomic E-state index is 0.140. The van der Waals surface area contributed by atoms with Gasteiger partial charge >= 0.3 is 0 Å². The molecular formula is C17H24FN3O2. The van der Waals surface area contributed by atoms with Gasteiger partial charge in [0.15, 0.2) is 0 Å². The van der Waals surface area contributed by atoms with E-state index in [-0.39, 0.29) is 17.6 Å². The minimum Gasteiger partial charge on any atom is -0.352 e. The van der Waals surface area contributed by atoms with Gasteiger partial charge in [-0.15, -0.1) is 0 Å². The van der Waals surface area contributed by atoms with E-state index >= 15 is 0 Å². The zero-order chi connectivity index (χ0) is 16.7. The van der Waals surface area contributed by atoms with Gasteiger partial charge in [0, 0.05) is 37.7 Å². The van der Waals surface area contributed by atoms with Crippen LogP contribution in [0.25, 0.3) is 0 Å². The summed E-state index contributed by atoms with van der Waals surface area (Å²) in [5.41, 5.74) is 0.422. The molecule has 6 heteroatoms. The molecule has 0 bridgehead atoms. The molecule has 2 amide bonds. The molecule has 2 N–H and O–H groups in total. The largest absolute Gasteiger partial charge is 0.352 e. The number of benzene rings is 1. The maximum absolute atomic E-state index is 12.8. The number of piperidine rings is 1. The third-order valence-corrected chi connectivity index (χ3v) is 4.14. The van der Waals surface area contributed by atoms with Crippen molar-refractivity contribution in [2.24, 2.45) is 0 Å². The first kappa shape index (κ1) is 17.4. The third-order valence-electron chi connectivity index (χ3n) is 4.14. The Hall–Kier alpha value is -1.95. The molecule has 1 aliphatic rings. The molecule has 23 heavy (non-hydrogen) atoms. The maximum atomic E-state index is 12.8. The predicted molar refractivity (Wildman–Crippen MR) is 86.6 cm³/mol. The van der Waals surface area contributed by atoms with Crippen LogP contribution in [0.15, 0.2) is 24.3 Å². The Morgan fingerprint density at radius 1 is 1.30 bits per heavy atom. The molecule has 1 heterocycles. The number of amides is 2. The molecule has 0 aromatic heterocycles. The van der Waals surface area contributed by atoms with Crippen molar-refractivity contribution >= 4 is 11.8 Å². The van der Waals surface area contributed by atoms with Gasteiger partial charge in [-0.3, -0.25) is 9.59 Å². The van der Waals surface area contributed by atoms with Crippen LogP contribution in [-0.4, -0.2) is 49.4 Å². The fraction of sp³-hybridized carbons (Fsp3) is 0.529. The molecule has 2 rings (SSSR count). The Morgan fingerprint density at radius 2 is 2.04 bits per heavy atom. The Morgan fingerprint density at radius 3 is 2.74 bits per heavy atom. The van der Waals surface area contributed by atoms with E-state index in [4.69, 9.17) is 0 Å². The average molecular weight is 321 g/mol. The van der Waals surface area contributed by atoms with Crippen molar-refractivity contribution in [1.82, 2.24) is 15.5 Å². The summed E-state index contributed by atoms with van der Waals surface area (Å²) in [6.07, 6.45) is 3.17. The van der Waals surface area contributed by atoms with Gasteiger partial charge in [-0.2, -0.15) is 0 Å². The highest BCUT2D eigenvalue weighted by atomic mass is 19.1. The number of likely N-dealkylation sites (tertiary alicyclic amines) is 1. The average Bonchev–Trinajstić information content (AvgIpc) is 2.59. The van der Waals surface area contributed by atoms with Crippen LogP contribution in [0.3, 0.4) is 0 Å². The lowest BCUT2D eigenvalue weighted by atomic mass is 10.1. The minimum atomic E-state index is -0.367. The van der Waals surface area contributed by atoms with E-state index in [9.17, 15) is 14.0 Å². The molecule has 1 aliphatic heterocycles. The summed E-state index contributed by atoms with van der Waals surface area (Å²) in [6, 6.07) is 5.79. The van der Waals surface area contributed by atoms with E-state index in [1.54, 1.807) is 0 Å². The van der Waals surface area contributed by atoms with E-state index < -0.39 is 0 Å². The summed E-state index contributed by atoms with van der Waals surface area (Å²) in [5.74, 6) is -0.472. The topological polar surface area (TPSA) is 61.4 Å². The summed E-state index contributed by atoms with van der Waals surface area (Å²) in [6.45, 7) is 2.02. The molecule has 1 fully saturated rings. The molecule has 126 valence electrons. The fourth-order valence-corrected chi connectivity index (χ4v) is 2.74. The van der Waals surface area contributed by atoms with Crippen LogP contribution in [0.2, 0.25) is 0 Å². The lowest BCUT2D eigenvalue weighted by Crippen LogP contribution is -2.47. The normalized spacial score (nSPS) is 17.8. The van der Waals surface area contributed by atoms with Crippen LogP contribution in [-0.2, 0) is 4.79 Å². The van der Waals surface area contributed by atoms with Gasteiger partial charge in [-0.25, -0.2) is 4.39 Å². The van der Waals surface area contributed by atoms with Crippen LogP contribution < -0.4 is 10.6 Å². The monoisotopic (exact) mass is 321 g/mol. The smallest absolute Gasteiger partial charge is 0.251 e. The molecule has 1 aromatic carbocycles. The molecule has 5 nitrogen and oxygen atoms in total. The van der Waals surface area contributed by atoms with Crippen molar-refractivity contribution in [2.45, 2.75) is 31.7 Å². The van der Waals surface area contributed by atoms with Crippen molar-refractivity contribution < 1.29 is 14.0 Å². The number of carbonyl (C=O) groups is 2. The SMILES string of the molecule is CNC1CCCN(C(=O)CCCNC(=O)c2ccc(F)cc2)C1. The van der Waals surface area contributed by atoms with Crippen LogP contribution in [0, 0.1) is 5.82 Å². The fourth-order valence-electron chi connectivity index (χ4n) is 2.74. The molecule has 1 atom stereocenters. The lowest BCUT2D eigenvalue weighted by molar-refractivity contribution is -0.132. The molecule has 0 spiro atoms. The van der Waals surface area contributed by atoms with Crippen molar-refractivity contribution in [1.29, 1.82) is 0 Å². The Bertz CT molecular complexity index is 533. The molecular weight excluding hydrogens is 297 g/mol. The quantitative estimate of drug-likeness (QED) is 0.782. The van der Waals surface area contributed by atoms with Gasteiger partial charge < -0.3 is 15.5 Å². The summed E-state index contributed by atoms with van der Waals surface area (Å²) < 4.78 is 12.8. The summed E-state index contributed by atoms with van der Waals surface area (Å²) in [5, 5.41) is 5.97. The van der Waals surface area contributed by atoms with E-state index in [2.05, 4.69) is 10.6 Å². The standard InChI is InChI=1S/C17H24FN3O2/c1-19-15-4-3-11-21(12-15)16(22)5-2-10-20-17(23)13-6-8-14(18)9-7-13/h6-9,15,19H,2-5,10-12H2,1H3,(H,20,23). The number of halogens is 1. The van der Waals surface area contributed by atoms with Crippen LogP contribution >= 0.6 is 0 Å². The van der Waals surface area contributed by atoms with E-state index in [1.165, 1.54) is 24.3 Å². The zero-order valence-corrected chi connectivity index (χ0v) is 13.5. The molecule has 1 unspecified atom stereocenters. The number of hydrogen-bond acceptors (Lipinski definition) is 3. The molecule has 0 radical (unpaired) electrons. The first-order valence-electron chi connectivity index (χ1n) is 8.09. The predicted octanol–water partition coefficient (Wildman–Crippen LogP) is 1.55. The van der Waals surface area contributed by atoms with Crippen molar-refractivity contribution in [3.8, 4) is 0 Å². The van der Waals surface area contributed by atoms with Crippen LogP contribution in [0.5, 0.6) is 0 Å². The van der Waals surface area contributed by atoms with Gasteiger partial charge in [0.25, 0.3) is 5.91 Å². The second-order valence-electron chi connectivity index (χ2n) is 5.83. The molecule has 0 aliphatic carbocycles. The number of likely N-dealkylation sites (N-methyl/N-ethyl adjacent to an activating group) is 1. The highest BCUT2D eigenvalue weighted by Gasteiger charge is 2.21. The third kappa shape index (κ3) is 5.32.